The Balaban J connectivity index is -0.000000727. The van der Waals surface area contributed by atoms with Gasteiger partial charge in [-0.1, -0.05) is 0 Å². The van der Waals surface area contributed by atoms with Gasteiger partial charge in [0, 0.05) is 13.2 Å². The Bertz CT molecular complexity index is 699. The van der Waals surface area contributed by atoms with Gasteiger partial charge in [-0.3, -0.25) is 0 Å². The third-order valence-corrected chi connectivity index (χ3v) is 32.4. The summed E-state index contributed by atoms with van der Waals surface area (Å²) in [6, 6.07) is 2.04. The molecule has 19 heteroatoms. The van der Waals surface area contributed by atoms with E-state index in [-0.39, 0.29) is 0 Å². The molecule has 258 valence electrons. The second-order valence-corrected chi connectivity index (χ2v) is 44.6. The number of hydrogen-bond donors (Lipinski definition) is 2. The van der Waals surface area contributed by atoms with Crippen molar-refractivity contribution in [3.8, 4) is 0 Å². The molecule has 0 atom stereocenters. The van der Waals surface area contributed by atoms with E-state index in [0.29, 0.717) is 13.2 Å². The minimum Gasteiger partial charge on any atom is -0.555 e. The van der Waals surface area contributed by atoms with Crippen LogP contribution in [0.4, 0.5) is 0 Å². The standard InChI is InChI=1S/2C12H33O5Si4.Rf/c2*1-14-11-10-12-18(2,3)15-20(6,7)17-21(8,9)16-19(4,5)13;/h2*13H,1,10-12H2,2-9H3;/q2*-1;. The molecule has 0 aliphatic carbocycles. The van der Waals surface area contributed by atoms with Crippen molar-refractivity contribution in [1.82, 2.24) is 0 Å². The maximum absolute atomic E-state index is 9.96. The second-order valence-electron chi connectivity index (χ2n) is 14.6. The van der Waals surface area contributed by atoms with Crippen molar-refractivity contribution in [1.29, 1.82) is 0 Å². The van der Waals surface area contributed by atoms with E-state index in [1.54, 1.807) is 26.2 Å². The fourth-order valence-electron chi connectivity index (χ4n) is 5.10. The summed E-state index contributed by atoms with van der Waals surface area (Å²) in [6.45, 7) is 33.3. The maximum Gasteiger partial charge on any atom is 0.320 e. The number of ether oxygens (including phenoxy) is 2. The van der Waals surface area contributed by atoms with Crippen LogP contribution in [0, 0.1) is 14.2 Å². The van der Waals surface area contributed by atoms with Gasteiger partial charge in [-0.25, -0.2) is 14.2 Å². The Kier molecular flexibility index (Phi) is 20.7. The Hall–Kier alpha value is 0.335. The second kappa shape index (κ2) is 18.6. The van der Waals surface area contributed by atoms with Crippen LogP contribution in [-0.2, 0) is 34.2 Å². The smallest absolute Gasteiger partial charge is 0.320 e. The summed E-state index contributed by atoms with van der Waals surface area (Å²) in [5.74, 6) is 0. The Labute approximate surface area is 267 Å². The first-order chi connectivity index (χ1) is 18.4. The maximum atomic E-state index is 9.96. The molecule has 0 saturated carbocycles. The van der Waals surface area contributed by atoms with Crippen LogP contribution in [0.15, 0.2) is 0 Å². The summed E-state index contributed by atoms with van der Waals surface area (Å²) in [5.41, 5.74) is 0. The molecular weight excluding hydrogens is 940 g/mol. The molecule has 0 rings (SSSR count). The molecule has 0 radical (unpaired) electrons. The first-order valence-corrected chi connectivity index (χ1v) is 38.0. The zero-order chi connectivity index (χ0) is 33.9. The quantitative estimate of drug-likeness (QED) is 0.0747. The summed E-state index contributed by atoms with van der Waals surface area (Å²) in [6.07, 6.45) is 1.92. The van der Waals surface area contributed by atoms with Crippen molar-refractivity contribution in [2.45, 2.75) is 130 Å². The summed E-state index contributed by atoms with van der Waals surface area (Å²) < 4.78 is 46.6. The number of rotatable bonds is 20. The third kappa shape index (κ3) is 29.5. The van der Waals surface area contributed by atoms with Gasteiger partial charge in [0.2, 0.25) is 0 Å². The van der Waals surface area contributed by atoms with E-state index in [2.05, 4.69) is 66.6 Å². The molecule has 0 unspecified atom stereocenters. The van der Waals surface area contributed by atoms with E-state index in [4.69, 9.17) is 34.2 Å². The predicted octanol–water partition coefficient (Wildman–Crippen LogP) is 7.07. The van der Waals surface area contributed by atoms with Gasteiger partial charge < -0.3 is 43.8 Å². The van der Waals surface area contributed by atoms with E-state index < -0.39 is 68.0 Å². The van der Waals surface area contributed by atoms with Crippen LogP contribution in [0.3, 0.4) is 0 Å². The molecule has 10 nitrogen and oxygen atoms in total. The molecule has 0 aliphatic rings. The van der Waals surface area contributed by atoms with Crippen LogP contribution in [0.25, 0.3) is 0 Å². The first-order valence-electron chi connectivity index (χ1n) is 14.8. The normalized spacial score (nSPS) is 14.2. The van der Waals surface area contributed by atoms with Crippen molar-refractivity contribution >= 4 is 68.0 Å². The van der Waals surface area contributed by atoms with Crippen LogP contribution in [0.1, 0.15) is 12.8 Å². The van der Waals surface area contributed by atoms with Crippen LogP contribution < -0.4 is 0 Å². The van der Waals surface area contributed by atoms with Crippen molar-refractivity contribution in [3.63, 3.8) is 0 Å². The van der Waals surface area contributed by atoms with Gasteiger partial charge in [0.05, 0.1) is 0 Å². The van der Waals surface area contributed by atoms with Crippen LogP contribution in [0.5, 0.6) is 0 Å². The van der Waals surface area contributed by atoms with Crippen molar-refractivity contribution in [2.75, 3.05) is 13.2 Å². The SMILES string of the molecule is [CH2-]OCCC[Si](C)(C)O[Si](C)(C)O[Si](C)(C)O[Si](C)(C)O.[CH2-]OCCC[Si](C)(C)O[Si](C)(C)O[Si](C)(C)O[Si](C)(C)O.[Rf]. The van der Waals surface area contributed by atoms with Gasteiger partial charge >= 0.3 is 51.4 Å². The molecule has 0 aliphatic heterocycles. The number of hydrogen-bond acceptors (Lipinski definition) is 10. The van der Waals surface area contributed by atoms with E-state index in [0.717, 1.165) is 24.9 Å². The minimum absolute atomic E-state index is 0. The molecule has 0 aromatic heterocycles. The van der Waals surface area contributed by atoms with Gasteiger partial charge in [-0.05, 0) is 130 Å². The van der Waals surface area contributed by atoms with Gasteiger partial charge in [-0.15, -0.1) is 0 Å². The molecule has 0 aromatic carbocycles. The molecule has 0 heterocycles. The van der Waals surface area contributed by atoms with E-state index in [9.17, 15) is 9.59 Å². The fraction of sp³-hybridized carbons (Fsp3) is 0.917. The van der Waals surface area contributed by atoms with Crippen LogP contribution >= 0.6 is 0 Å². The zero-order valence-electron chi connectivity index (χ0n) is 30.5. The first kappa shape index (κ1) is 47.7. The molecule has 43 heavy (non-hydrogen) atoms. The van der Waals surface area contributed by atoms with Crippen LogP contribution in [-0.4, -0.2) is 90.8 Å². The van der Waals surface area contributed by atoms with Crippen LogP contribution in [0.2, 0.25) is 117 Å². The molecule has 0 spiro atoms. The van der Waals surface area contributed by atoms with Gasteiger partial charge in [-0.2, -0.15) is 0 Å². The van der Waals surface area contributed by atoms with E-state index >= 15 is 0 Å². The Morgan fingerprint density at radius 1 is 0.419 bits per heavy atom. The van der Waals surface area contributed by atoms with Gasteiger partial charge in [0.1, 0.15) is 0 Å². The van der Waals surface area contributed by atoms with Crippen molar-refractivity contribution in [2.24, 2.45) is 0 Å². The molecule has 0 fully saturated rings. The van der Waals surface area contributed by atoms with E-state index in [1.165, 1.54) is 0 Å². The van der Waals surface area contributed by atoms with Gasteiger partial charge in [0.25, 0.3) is 0 Å². The summed E-state index contributed by atoms with van der Waals surface area (Å²) in [4.78, 5) is 19.9. The summed E-state index contributed by atoms with van der Waals surface area (Å²) in [5, 5.41) is 0. The van der Waals surface area contributed by atoms with Crippen molar-refractivity contribution < 1.29 is 43.8 Å². The summed E-state index contributed by atoms with van der Waals surface area (Å²) >= 11 is 0. The average molecular weight is 1010 g/mol. The largest absolute Gasteiger partial charge is 0.555 e. The average Bonchev–Trinajstić information content (AvgIpc) is 2.60. The molecule has 0 aromatic rings. The molecule has 2 N–H and O–H groups in total. The molecular formula is C24H66O10RfSi8-2. The summed E-state index contributed by atoms with van der Waals surface area (Å²) in [7, 11) is -11.3. The molecule has 0 amide bonds. The monoisotopic (exact) mass is 1010 g/mol. The Morgan fingerprint density at radius 3 is 0.860 bits per heavy atom. The topological polar surface area (TPSA) is 114 Å². The zero-order valence-corrected chi connectivity index (χ0v) is 44.9. The van der Waals surface area contributed by atoms with Gasteiger partial charge in [0.15, 0.2) is 16.6 Å². The predicted molar refractivity (Wildman–Crippen MR) is 192 cm³/mol. The van der Waals surface area contributed by atoms with Crippen molar-refractivity contribution in [3.05, 3.63) is 14.2 Å². The fourth-order valence-corrected chi connectivity index (χ4v) is 39.8. The Morgan fingerprint density at radius 2 is 0.651 bits per heavy atom. The molecule has 0 saturated heterocycles. The molecule has 0 bridgehead atoms. The third-order valence-electron chi connectivity index (χ3n) is 5.15. The van der Waals surface area contributed by atoms with E-state index in [1.807, 2.05) is 26.2 Å². The minimum atomic E-state index is -2.59.